The SMILES string of the molecule is CC(C)c1cc(C(=O)O)cc(NC2CCS(=O)(=O)C2)n1. The average molecular weight is 298 g/mol. The summed E-state index contributed by atoms with van der Waals surface area (Å²) in [6.45, 7) is 3.86. The van der Waals surface area contributed by atoms with E-state index in [9.17, 15) is 13.2 Å². The molecule has 1 fully saturated rings. The van der Waals surface area contributed by atoms with Crippen LogP contribution in [-0.2, 0) is 9.84 Å². The highest BCUT2D eigenvalue weighted by Gasteiger charge is 2.28. The zero-order chi connectivity index (χ0) is 14.9. The third-order valence-electron chi connectivity index (χ3n) is 3.27. The number of carboxylic acids is 1. The van der Waals surface area contributed by atoms with Crippen LogP contribution in [0.2, 0.25) is 0 Å². The normalized spacial score (nSPS) is 21.1. The first-order chi connectivity index (χ1) is 9.27. The van der Waals surface area contributed by atoms with Crippen molar-refractivity contribution in [1.82, 2.24) is 4.98 Å². The molecule has 110 valence electrons. The molecule has 6 nitrogen and oxygen atoms in total. The van der Waals surface area contributed by atoms with Crippen molar-refractivity contribution in [1.29, 1.82) is 0 Å². The number of hydrogen-bond acceptors (Lipinski definition) is 5. The number of aromatic carboxylic acids is 1. The number of carbonyl (C=O) groups is 1. The number of rotatable bonds is 4. The molecule has 1 aromatic heterocycles. The smallest absolute Gasteiger partial charge is 0.335 e. The molecule has 1 aliphatic rings. The largest absolute Gasteiger partial charge is 0.478 e. The van der Waals surface area contributed by atoms with Crippen LogP contribution < -0.4 is 5.32 Å². The minimum atomic E-state index is -2.98. The molecule has 1 saturated heterocycles. The van der Waals surface area contributed by atoms with Gasteiger partial charge >= 0.3 is 5.97 Å². The van der Waals surface area contributed by atoms with E-state index in [-0.39, 0.29) is 29.0 Å². The Morgan fingerprint density at radius 1 is 1.45 bits per heavy atom. The van der Waals surface area contributed by atoms with Gasteiger partial charge in [0.25, 0.3) is 0 Å². The maximum atomic E-state index is 11.4. The lowest BCUT2D eigenvalue weighted by Gasteiger charge is -2.14. The van der Waals surface area contributed by atoms with Gasteiger partial charge in [0.1, 0.15) is 5.82 Å². The van der Waals surface area contributed by atoms with Crippen molar-refractivity contribution in [3.8, 4) is 0 Å². The van der Waals surface area contributed by atoms with Crippen molar-refractivity contribution in [2.75, 3.05) is 16.8 Å². The molecule has 2 rings (SSSR count). The van der Waals surface area contributed by atoms with Gasteiger partial charge in [0, 0.05) is 11.7 Å². The molecule has 7 heteroatoms. The van der Waals surface area contributed by atoms with Crippen LogP contribution in [0.25, 0.3) is 0 Å². The van der Waals surface area contributed by atoms with Gasteiger partial charge in [-0.05, 0) is 24.5 Å². The predicted octanol–water partition coefficient (Wildman–Crippen LogP) is 1.50. The van der Waals surface area contributed by atoms with E-state index in [1.807, 2.05) is 13.8 Å². The minimum Gasteiger partial charge on any atom is -0.478 e. The molecule has 0 aliphatic carbocycles. The first-order valence-electron chi connectivity index (χ1n) is 6.49. The fourth-order valence-electron chi connectivity index (χ4n) is 2.16. The second-order valence-corrected chi connectivity index (χ2v) is 7.60. The second kappa shape index (κ2) is 5.40. The van der Waals surface area contributed by atoms with E-state index in [4.69, 9.17) is 5.11 Å². The third kappa shape index (κ3) is 3.47. The highest BCUT2D eigenvalue weighted by molar-refractivity contribution is 7.91. The molecule has 0 spiro atoms. The first kappa shape index (κ1) is 14.8. The van der Waals surface area contributed by atoms with Crippen LogP contribution in [0.1, 0.15) is 42.2 Å². The number of anilines is 1. The standard InChI is InChI=1S/C13H18N2O4S/c1-8(2)11-5-9(13(16)17)6-12(15-11)14-10-3-4-20(18,19)7-10/h5-6,8,10H,3-4,7H2,1-2H3,(H,14,15)(H,16,17). The molecule has 0 amide bonds. The summed E-state index contributed by atoms with van der Waals surface area (Å²) in [4.78, 5) is 15.5. The molecule has 0 bridgehead atoms. The van der Waals surface area contributed by atoms with Crippen molar-refractivity contribution in [2.24, 2.45) is 0 Å². The lowest BCUT2D eigenvalue weighted by molar-refractivity contribution is 0.0696. The summed E-state index contributed by atoms with van der Waals surface area (Å²) in [6, 6.07) is 2.79. The van der Waals surface area contributed by atoms with Crippen LogP contribution >= 0.6 is 0 Å². The highest BCUT2D eigenvalue weighted by Crippen LogP contribution is 2.21. The Hall–Kier alpha value is -1.63. The minimum absolute atomic E-state index is 0.0724. The van der Waals surface area contributed by atoms with Gasteiger partial charge in [0.15, 0.2) is 9.84 Å². The maximum absolute atomic E-state index is 11.4. The van der Waals surface area contributed by atoms with Crippen molar-refractivity contribution >= 4 is 21.6 Å². The lowest BCUT2D eigenvalue weighted by atomic mass is 10.1. The Bertz CT molecular complexity index is 625. The van der Waals surface area contributed by atoms with Gasteiger partial charge in [-0.1, -0.05) is 13.8 Å². The number of nitrogens with one attached hydrogen (secondary N) is 1. The van der Waals surface area contributed by atoms with Crippen molar-refractivity contribution < 1.29 is 18.3 Å². The molecule has 2 heterocycles. The van der Waals surface area contributed by atoms with E-state index in [1.54, 1.807) is 6.07 Å². The summed E-state index contributed by atoms with van der Waals surface area (Å²) >= 11 is 0. The average Bonchev–Trinajstić information content (AvgIpc) is 2.68. The van der Waals surface area contributed by atoms with E-state index in [0.29, 0.717) is 17.9 Å². The number of carboxylic acid groups (broad SMARTS) is 1. The Balaban J connectivity index is 2.25. The van der Waals surface area contributed by atoms with E-state index < -0.39 is 15.8 Å². The van der Waals surface area contributed by atoms with Gasteiger partial charge in [-0.2, -0.15) is 0 Å². The fraction of sp³-hybridized carbons (Fsp3) is 0.538. The van der Waals surface area contributed by atoms with Gasteiger partial charge in [-0.3, -0.25) is 0 Å². The number of pyridine rings is 1. The molecular weight excluding hydrogens is 280 g/mol. The van der Waals surface area contributed by atoms with Crippen LogP contribution in [-0.4, -0.2) is 42.0 Å². The van der Waals surface area contributed by atoms with Gasteiger partial charge in [0.2, 0.25) is 0 Å². The van der Waals surface area contributed by atoms with Gasteiger partial charge in [-0.25, -0.2) is 18.2 Å². The zero-order valence-corrected chi connectivity index (χ0v) is 12.3. The maximum Gasteiger partial charge on any atom is 0.335 e. The van der Waals surface area contributed by atoms with Crippen LogP contribution in [0, 0.1) is 0 Å². The summed E-state index contributed by atoms with van der Waals surface area (Å²) in [5.41, 5.74) is 0.834. The summed E-state index contributed by atoms with van der Waals surface area (Å²) in [5, 5.41) is 12.1. The quantitative estimate of drug-likeness (QED) is 0.874. The van der Waals surface area contributed by atoms with Crippen LogP contribution in [0.15, 0.2) is 12.1 Å². The van der Waals surface area contributed by atoms with E-state index in [0.717, 1.165) is 0 Å². The molecule has 2 N–H and O–H groups in total. The summed E-state index contributed by atoms with van der Waals surface area (Å²) in [7, 11) is -2.98. The van der Waals surface area contributed by atoms with Gasteiger partial charge < -0.3 is 10.4 Å². The first-order valence-corrected chi connectivity index (χ1v) is 8.31. The monoisotopic (exact) mass is 298 g/mol. The third-order valence-corrected chi connectivity index (χ3v) is 5.04. The number of sulfone groups is 1. The molecule has 0 saturated carbocycles. The predicted molar refractivity (Wildman–Crippen MR) is 76.0 cm³/mol. The molecule has 1 atom stereocenters. The number of nitrogens with zero attached hydrogens (tertiary/aromatic N) is 1. The Labute approximate surface area is 118 Å². The van der Waals surface area contributed by atoms with Crippen LogP contribution in [0.4, 0.5) is 5.82 Å². The van der Waals surface area contributed by atoms with Crippen molar-refractivity contribution in [3.63, 3.8) is 0 Å². The molecule has 0 radical (unpaired) electrons. The number of aromatic nitrogens is 1. The Kier molecular flexibility index (Phi) is 3.99. The number of hydrogen-bond donors (Lipinski definition) is 2. The molecule has 20 heavy (non-hydrogen) atoms. The molecule has 1 aromatic rings. The van der Waals surface area contributed by atoms with E-state index >= 15 is 0 Å². The van der Waals surface area contributed by atoms with E-state index in [1.165, 1.54) is 6.07 Å². The van der Waals surface area contributed by atoms with Gasteiger partial charge in [-0.15, -0.1) is 0 Å². The van der Waals surface area contributed by atoms with Crippen LogP contribution in [0.3, 0.4) is 0 Å². The Morgan fingerprint density at radius 3 is 2.65 bits per heavy atom. The van der Waals surface area contributed by atoms with Crippen molar-refractivity contribution in [2.45, 2.75) is 32.2 Å². The van der Waals surface area contributed by atoms with Crippen LogP contribution in [0.5, 0.6) is 0 Å². The molecular formula is C13H18N2O4S. The van der Waals surface area contributed by atoms with E-state index in [2.05, 4.69) is 10.3 Å². The summed E-state index contributed by atoms with van der Waals surface area (Å²) in [5.74, 6) is -0.252. The molecule has 0 aromatic carbocycles. The Morgan fingerprint density at radius 2 is 2.15 bits per heavy atom. The molecule has 1 unspecified atom stereocenters. The summed E-state index contributed by atoms with van der Waals surface area (Å²) in [6.07, 6.45) is 0.526. The topological polar surface area (TPSA) is 96.4 Å². The molecule has 1 aliphatic heterocycles. The zero-order valence-electron chi connectivity index (χ0n) is 11.5. The van der Waals surface area contributed by atoms with Crippen molar-refractivity contribution in [3.05, 3.63) is 23.4 Å². The van der Waals surface area contributed by atoms with Gasteiger partial charge in [0.05, 0.1) is 17.1 Å². The summed E-state index contributed by atoms with van der Waals surface area (Å²) < 4.78 is 22.9. The second-order valence-electron chi connectivity index (χ2n) is 5.37. The fourth-order valence-corrected chi connectivity index (χ4v) is 3.84. The highest BCUT2D eigenvalue weighted by atomic mass is 32.2. The lowest BCUT2D eigenvalue weighted by Crippen LogP contribution is -2.22.